The van der Waals surface area contributed by atoms with Crippen LogP contribution < -0.4 is 10.5 Å². The molecule has 20 heavy (non-hydrogen) atoms. The number of nitrogens with one attached hydrogen (secondary N) is 1. The van der Waals surface area contributed by atoms with Crippen LogP contribution in [0.4, 0.5) is 0 Å². The molecule has 0 amide bonds. The number of hydrogen-bond acceptors (Lipinski definition) is 4. The Morgan fingerprint density at radius 3 is 2.60 bits per heavy atom. The minimum absolute atomic E-state index is 0.0559. The first-order valence-electron chi connectivity index (χ1n) is 6.89. The van der Waals surface area contributed by atoms with Gasteiger partial charge in [-0.25, -0.2) is 13.1 Å². The average Bonchev–Trinajstić information content (AvgIpc) is 2.47. The summed E-state index contributed by atoms with van der Waals surface area (Å²) in [6.07, 6.45) is 6.21. The summed E-state index contributed by atoms with van der Waals surface area (Å²) in [5, 5.41) is 0.566. The highest BCUT2D eigenvalue weighted by Crippen LogP contribution is 2.27. The van der Waals surface area contributed by atoms with E-state index in [1.165, 1.54) is 6.42 Å². The van der Waals surface area contributed by atoms with Gasteiger partial charge in [-0.2, -0.15) is 11.8 Å². The van der Waals surface area contributed by atoms with Crippen LogP contribution in [0.5, 0.6) is 0 Å². The molecule has 0 spiro atoms. The second-order valence-electron chi connectivity index (χ2n) is 5.19. The van der Waals surface area contributed by atoms with E-state index in [0.717, 1.165) is 24.8 Å². The maximum atomic E-state index is 12.3. The highest BCUT2D eigenvalue weighted by molar-refractivity contribution is 7.99. The third kappa shape index (κ3) is 3.97. The van der Waals surface area contributed by atoms with Gasteiger partial charge in [-0.1, -0.05) is 18.6 Å². The van der Waals surface area contributed by atoms with Gasteiger partial charge in [-0.15, -0.1) is 0 Å². The normalized spacial score (nSPS) is 23.7. The van der Waals surface area contributed by atoms with Crippen LogP contribution in [-0.2, 0) is 16.6 Å². The predicted octanol–water partition coefficient (Wildman–Crippen LogP) is 2.10. The zero-order valence-corrected chi connectivity index (χ0v) is 13.3. The van der Waals surface area contributed by atoms with Crippen molar-refractivity contribution < 1.29 is 8.42 Å². The Labute approximate surface area is 125 Å². The zero-order valence-electron chi connectivity index (χ0n) is 11.7. The fourth-order valence-electron chi connectivity index (χ4n) is 2.56. The lowest BCUT2D eigenvalue weighted by molar-refractivity contribution is 0.421. The zero-order chi connectivity index (χ0) is 14.6. The SMILES string of the molecule is CSC1CCCC(NS(=O)(=O)c2ccc(CN)cc2)C1. The minimum Gasteiger partial charge on any atom is -0.326 e. The van der Waals surface area contributed by atoms with Crippen molar-refractivity contribution in [1.82, 2.24) is 4.72 Å². The van der Waals surface area contributed by atoms with E-state index >= 15 is 0 Å². The lowest BCUT2D eigenvalue weighted by atomic mass is 9.96. The third-order valence-corrected chi connectivity index (χ3v) is 6.38. The molecule has 1 aromatic carbocycles. The van der Waals surface area contributed by atoms with Crippen LogP contribution in [0.3, 0.4) is 0 Å². The Kier molecular flexibility index (Phi) is 5.49. The Morgan fingerprint density at radius 2 is 2.00 bits per heavy atom. The smallest absolute Gasteiger partial charge is 0.240 e. The van der Waals surface area contributed by atoms with Crippen LogP contribution in [0.2, 0.25) is 0 Å². The van der Waals surface area contributed by atoms with Crippen molar-refractivity contribution in [3.05, 3.63) is 29.8 Å². The summed E-state index contributed by atoms with van der Waals surface area (Å²) in [4.78, 5) is 0.320. The molecule has 2 unspecified atom stereocenters. The lowest BCUT2D eigenvalue weighted by Crippen LogP contribution is -2.39. The standard InChI is InChI=1S/C14H22N2O2S2/c1-19-13-4-2-3-12(9-13)16-20(17,18)14-7-5-11(10-15)6-8-14/h5-8,12-13,16H,2-4,9-10,15H2,1H3. The van der Waals surface area contributed by atoms with Crippen molar-refractivity contribution >= 4 is 21.8 Å². The second-order valence-corrected chi connectivity index (χ2v) is 8.04. The summed E-state index contributed by atoms with van der Waals surface area (Å²) in [6, 6.07) is 6.83. The van der Waals surface area contributed by atoms with Gasteiger partial charge in [-0.05, 0) is 43.2 Å². The van der Waals surface area contributed by atoms with Crippen molar-refractivity contribution in [3.63, 3.8) is 0 Å². The van der Waals surface area contributed by atoms with Crippen molar-refractivity contribution in [2.45, 2.75) is 48.4 Å². The van der Waals surface area contributed by atoms with Gasteiger partial charge < -0.3 is 5.73 Å². The molecule has 6 heteroatoms. The Balaban J connectivity index is 2.06. The molecule has 4 nitrogen and oxygen atoms in total. The fourth-order valence-corrected chi connectivity index (χ4v) is 4.67. The quantitative estimate of drug-likeness (QED) is 0.873. The van der Waals surface area contributed by atoms with E-state index in [1.807, 2.05) is 11.8 Å². The Hall–Kier alpha value is -0.560. The van der Waals surface area contributed by atoms with Crippen molar-refractivity contribution in [2.24, 2.45) is 5.73 Å². The molecule has 112 valence electrons. The summed E-state index contributed by atoms with van der Waals surface area (Å²) in [5.74, 6) is 0. The van der Waals surface area contributed by atoms with E-state index in [0.29, 0.717) is 16.7 Å². The molecule has 2 atom stereocenters. The van der Waals surface area contributed by atoms with Crippen LogP contribution in [0, 0.1) is 0 Å². The third-order valence-electron chi connectivity index (χ3n) is 3.75. The van der Waals surface area contributed by atoms with Gasteiger partial charge in [0.15, 0.2) is 0 Å². The number of hydrogen-bond donors (Lipinski definition) is 2. The van der Waals surface area contributed by atoms with Crippen LogP contribution in [0.25, 0.3) is 0 Å². The van der Waals surface area contributed by atoms with E-state index < -0.39 is 10.0 Å². The topological polar surface area (TPSA) is 72.2 Å². The molecule has 1 saturated carbocycles. The molecular weight excluding hydrogens is 292 g/mol. The van der Waals surface area contributed by atoms with Gasteiger partial charge in [-0.3, -0.25) is 0 Å². The number of benzene rings is 1. The second kappa shape index (κ2) is 6.93. The number of sulfonamides is 1. The molecule has 0 aliphatic heterocycles. The largest absolute Gasteiger partial charge is 0.326 e. The van der Waals surface area contributed by atoms with E-state index in [4.69, 9.17) is 5.73 Å². The predicted molar refractivity (Wildman–Crippen MR) is 84.2 cm³/mol. The fraction of sp³-hybridized carbons (Fsp3) is 0.571. The molecule has 1 aromatic rings. The summed E-state index contributed by atoms with van der Waals surface area (Å²) >= 11 is 1.83. The molecule has 0 bridgehead atoms. The van der Waals surface area contributed by atoms with Gasteiger partial charge >= 0.3 is 0 Å². The summed E-state index contributed by atoms with van der Waals surface area (Å²) in [7, 11) is -3.42. The van der Waals surface area contributed by atoms with Gasteiger partial charge in [0.1, 0.15) is 0 Å². The molecule has 0 saturated heterocycles. The van der Waals surface area contributed by atoms with Gasteiger partial charge in [0.05, 0.1) is 4.90 Å². The van der Waals surface area contributed by atoms with Crippen molar-refractivity contribution in [1.29, 1.82) is 0 Å². The minimum atomic E-state index is -3.42. The van der Waals surface area contributed by atoms with Crippen LogP contribution in [0.1, 0.15) is 31.2 Å². The van der Waals surface area contributed by atoms with Crippen molar-refractivity contribution in [3.8, 4) is 0 Å². The molecule has 1 fully saturated rings. The highest BCUT2D eigenvalue weighted by atomic mass is 32.2. The summed E-state index contributed by atoms with van der Waals surface area (Å²) in [5.41, 5.74) is 6.46. The lowest BCUT2D eigenvalue weighted by Gasteiger charge is -2.28. The number of thioether (sulfide) groups is 1. The first-order valence-corrected chi connectivity index (χ1v) is 9.66. The molecule has 1 aliphatic rings. The van der Waals surface area contributed by atoms with Crippen molar-refractivity contribution in [2.75, 3.05) is 6.26 Å². The number of nitrogens with two attached hydrogens (primary N) is 1. The molecule has 0 heterocycles. The van der Waals surface area contributed by atoms with Crippen LogP contribution >= 0.6 is 11.8 Å². The summed E-state index contributed by atoms with van der Waals surface area (Å²) < 4.78 is 27.5. The maximum Gasteiger partial charge on any atom is 0.240 e. The Bertz CT molecular complexity index is 529. The first-order chi connectivity index (χ1) is 9.55. The molecule has 0 radical (unpaired) electrons. The molecule has 1 aliphatic carbocycles. The van der Waals surface area contributed by atoms with E-state index in [-0.39, 0.29) is 6.04 Å². The van der Waals surface area contributed by atoms with E-state index in [2.05, 4.69) is 11.0 Å². The van der Waals surface area contributed by atoms with Gasteiger partial charge in [0.25, 0.3) is 0 Å². The van der Waals surface area contributed by atoms with Gasteiger partial charge in [0.2, 0.25) is 10.0 Å². The van der Waals surface area contributed by atoms with E-state index in [9.17, 15) is 8.42 Å². The highest BCUT2D eigenvalue weighted by Gasteiger charge is 2.25. The average molecular weight is 314 g/mol. The monoisotopic (exact) mass is 314 g/mol. The summed E-state index contributed by atoms with van der Waals surface area (Å²) in [6.45, 7) is 0.422. The molecule has 2 rings (SSSR count). The maximum absolute atomic E-state index is 12.3. The molecular formula is C14H22N2O2S2. The Morgan fingerprint density at radius 1 is 1.30 bits per heavy atom. The first kappa shape index (κ1) is 15.8. The number of rotatable bonds is 5. The van der Waals surface area contributed by atoms with Crippen LogP contribution in [0.15, 0.2) is 29.2 Å². The van der Waals surface area contributed by atoms with Crippen LogP contribution in [-0.4, -0.2) is 26.0 Å². The molecule has 3 N–H and O–H groups in total. The van der Waals surface area contributed by atoms with E-state index in [1.54, 1.807) is 24.3 Å². The molecule has 0 aromatic heterocycles. The van der Waals surface area contributed by atoms with Gasteiger partial charge in [0, 0.05) is 17.8 Å².